The summed E-state index contributed by atoms with van der Waals surface area (Å²) in [4.78, 5) is 18.9. The number of carbonyl (C=O) groups excluding carboxylic acids is 1. The average molecular weight is 508 g/mol. The maximum atomic E-state index is 12.0. The molecule has 2 rings (SSSR count). The SMILES string of the molecule is CCOCCCNC(=NCc1nnc(C)n1C)N1CC(C)C(C(=O)OC)C1.I. The van der Waals surface area contributed by atoms with Crippen molar-refractivity contribution in [3.63, 3.8) is 0 Å². The van der Waals surface area contributed by atoms with Crippen LogP contribution in [-0.4, -0.2) is 71.6 Å². The molecule has 10 heteroatoms. The number of hydrogen-bond donors (Lipinski definition) is 1. The van der Waals surface area contributed by atoms with Crippen LogP contribution in [0.2, 0.25) is 0 Å². The Balaban J connectivity index is 0.00000392. The zero-order valence-electron chi connectivity index (χ0n) is 17.5. The van der Waals surface area contributed by atoms with E-state index in [-0.39, 0.29) is 41.8 Å². The van der Waals surface area contributed by atoms with Gasteiger partial charge < -0.3 is 24.3 Å². The molecule has 1 N–H and O–H groups in total. The van der Waals surface area contributed by atoms with Crippen molar-refractivity contribution < 1.29 is 14.3 Å². The van der Waals surface area contributed by atoms with Crippen LogP contribution in [0, 0.1) is 18.8 Å². The highest BCUT2D eigenvalue weighted by Crippen LogP contribution is 2.24. The topological polar surface area (TPSA) is 93.9 Å². The molecule has 2 heterocycles. The molecule has 1 aromatic heterocycles. The van der Waals surface area contributed by atoms with Crippen molar-refractivity contribution in [2.45, 2.75) is 33.7 Å². The summed E-state index contributed by atoms with van der Waals surface area (Å²) in [6, 6.07) is 0. The first-order valence-electron chi connectivity index (χ1n) is 9.51. The third-order valence-electron chi connectivity index (χ3n) is 4.92. The fourth-order valence-corrected chi connectivity index (χ4v) is 3.12. The smallest absolute Gasteiger partial charge is 0.310 e. The maximum Gasteiger partial charge on any atom is 0.310 e. The van der Waals surface area contributed by atoms with E-state index in [2.05, 4.69) is 27.3 Å². The van der Waals surface area contributed by atoms with Crippen LogP contribution >= 0.6 is 24.0 Å². The molecule has 0 aliphatic carbocycles. The number of esters is 1. The lowest BCUT2D eigenvalue weighted by Crippen LogP contribution is -2.41. The summed E-state index contributed by atoms with van der Waals surface area (Å²) < 4.78 is 12.3. The van der Waals surface area contributed by atoms with Gasteiger partial charge in [-0.05, 0) is 26.2 Å². The fraction of sp³-hybridized carbons (Fsp3) is 0.778. The average Bonchev–Trinajstić information content (AvgIpc) is 3.20. The lowest BCUT2D eigenvalue weighted by atomic mass is 9.99. The van der Waals surface area contributed by atoms with Crippen molar-refractivity contribution in [3.05, 3.63) is 11.6 Å². The molecule has 160 valence electrons. The third kappa shape index (κ3) is 6.57. The Labute approximate surface area is 184 Å². The molecule has 9 nitrogen and oxygen atoms in total. The van der Waals surface area contributed by atoms with Gasteiger partial charge >= 0.3 is 5.97 Å². The second-order valence-corrected chi connectivity index (χ2v) is 6.85. The van der Waals surface area contributed by atoms with Gasteiger partial charge in [-0.3, -0.25) is 4.79 Å². The van der Waals surface area contributed by atoms with Crippen LogP contribution in [-0.2, 0) is 27.9 Å². The molecule has 0 bridgehead atoms. The van der Waals surface area contributed by atoms with Gasteiger partial charge in [-0.25, -0.2) is 4.99 Å². The summed E-state index contributed by atoms with van der Waals surface area (Å²) in [7, 11) is 3.37. The van der Waals surface area contributed by atoms with Gasteiger partial charge in [0.15, 0.2) is 11.8 Å². The maximum absolute atomic E-state index is 12.0. The molecule has 0 aromatic carbocycles. The fourth-order valence-electron chi connectivity index (χ4n) is 3.12. The number of hydrogen-bond acceptors (Lipinski definition) is 6. The monoisotopic (exact) mass is 508 g/mol. The summed E-state index contributed by atoms with van der Waals surface area (Å²) in [5.74, 6) is 2.35. The molecular formula is C18H33IN6O3. The zero-order chi connectivity index (χ0) is 19.8. The number of methoxy groups -OCH3 is 1. The summed E-state index contributed by atoms with van der Waals surface area (Å²) in [6.07, 6.45) is 0.889. The molecule has 2 atom stereocenters. The van der Waals surface area contributed by atoms with Crippen molar-refractivity contribution in [3.8, 4) is 0 Å². The molecular weight excluding hydrogens is 475 g/mol. The van der Waals surface area contributed by atoms with E-state index in [9.17, 15) is 4.79 Å². The molecule has 0 spiro atoms. The van der Waals surface area contributed by atoms with Gasteiger partial charge in [0.2, 0.25) is 0 Å². The van der Waals surface area contributed by atoms with E-state index in [1.165, 1.54) is 7.11 Å². The van der Waals surface area contributed by atoms with E-state index in [1.807, 2.05) is 25.5 Å². The number of aliphatic imine (C=N–C) groups is 1. The number of rotatable bonds is 8. The van der Waals surface area contributed by atoms with Gasteiger partial charge in [0.1, 0.15) is 12.4 Å². The minimum atomic E-state index is -0.162. The minimum Gasteiger partial charge on any atom is -0.469 e. The Kier molecular flexibility index (Phi) is 10.7. The first-order chi connectivity index (χ1) is 13.0. The van der Waals surface area contributed by atoms with Gasteiger partial charge in [0, 0.05) is 39.9 Å². The lowest BCUT2D eigenvalue weighted by molar-refractivity contribution is -0.145. The van der Waals surface area contributed by atoms with Crippen LogP contribution < -0.4 is 5.32 Å². The second kappa shape index (κ2) is 12.2. The van der Waals surface area contributed by atoms with Crippen LogP contribution in [0.5, 0.6) is 0 Å². The Morgan fingerprint density at radius 1 is 1.36 bits per heavy atom. The molecule has 1 aliphatic rings. The van der Waals surface area contributed by atoms with Crippen molar-refractivity contribution in [2.24, 2.45) is 23.9 Å². The summed E-state index contributed by atoms with van der Waals surface area (Å²) >= 11 is 0. The van der Waals surface area contributed by atoms with Crippen molar-refractivity contribution >= 4 is 35.9 Å². The quantitative estimate of drug-likeness (QED) is 0.186. The number of nitrogens with zero attached hydrogens (tertiary/aromatic N) is 5. The molecule has 0 radical (unpaired) electrons. The largest absolute Gasteiger partial charge is 0.469 e. The first kappa shape index (κ1) is 24.6. The van der Waals surface area contributed by atoms with E-state index < -0.39 is 0 Å². The summed E-state index contributed by atoms with van der Waals surface area (Å²) in [5, 5.41) is 11.7. The van der Waals surface area contributed by atoms with E-state index >= 15 is 0 Å². The number of halogens is 1. The summed E-state index contributed by atoms with van der Waals surface area (Å²) in [6.45, 7) is 9.94. The Bertz CT molecular complexity index is 651. The van der Waals surface area contributed by atoms with Gasteiger partial charge in [0.05, 0.1) is 13.0 Å². The third-order valence-corrected chi connectivity index (χ3v) is 4.92. The highest BCUT2D eigenvalue weighted by Gasteiger charge is 2.36. The number of aryl methyl sites for hydroxylation is 1. The van der Waals surface area contributed by atoms with E-state index in [4.69, 9.17) is 14.5 Å². The number of nitrogens with one attached hydrogen (secondary N) is 1. The number of guanidine groups is 1. The van der Waals surface area contributed by atoms with E-state index in [0.29, 0.717) is 19.7 Å². The Morgan fingerprint density at radius 2 is 2.11 bits per heavy atom. The number of carbonyl (C=O) groups is 1. The molecule has 1 fully saturated rings. The Morgan fingerprint density at radius 3 is 2.71 bits per heavy atom. The van der Waals surface area contributed by atoms with Crippen molar-refractivity contribution in [2.75, 3.05) is 40.0 Å². The normalized spacial score (nSPS) is 19.5. The van der Waals surface area contributed by atoms with Gasteiger partial charge in [-0.15, -0.1) is 34.2 Å². The van der Waals surface area contributed by atoms with Gasteiger partial charge in [0.25, 0.3) is 0 Å². The van der Waals surface area contributed by atoms with Crippen molar-refractivity contribution in [1.82, 2.24) is 25.0 Å². The highest BCUT2D eigenvalue weighted by molar-refractivity contribution is 14.0. The zero-order valence-corrected chi connectivity index (χ0v) is 19.8. The van der Waals surface area contributed by atoms with Crippen LogP contribution in [0.15, 0.2) is 4.99 Å². The van der Waals surface area contributed by atoms with E-state index in [0.717, 1.165) is 43.7 Å². The van der Waals surface area contributed by atoms with Crippen molar-refractivity contribution in [1.29, 1.82) is 0 Å². The molecule has 1 saturated heterocycles. The molecule has 1 aromatic rings. The lowest BCUT2D eigenvalue weighted by Gasteiger charge is -2.22. The number of aromatic nitrogens is 3. The van der Waals surface area contributed by atoms with Crippen LogP contribution in [0.3, 0.4) is 0 Å². The first-order valence-corrected chi connectivity index (χ1v) is 9.51. The highest BCUT2D eigenvalue weighted by atomic mass is 127. The Hall–Kier alpha value is -1.43. The predicted octanol–water partition coefficient (Wildman–Crippen LogP) is 1.35. The summed E-state index contributed by atoms with van der Waals surface area (Å²) in [5.41, 5.74) is 0. The number of likely N-dealkylation sites (tertiary alicyclic amines) is 1. The van der Waals surface area contributed by atoms with Crippen LogP contribution in [0.25, 0.3) is 0 Å². The molecule has 1 aliphatic heterocycles. The molecule has 0 amide bonds. The van der Waals surface area contributed by atoms with Gasteiger partial charge in [-0.2, -0.15) is 0 Å². The second-order valence-electron chi connectivity index (χ2n) is 6.85. The predicted molar refractivity (Wildman–Crippen MR) is 118 cm³/mol. The van der Waals surface area contributed by atoms with Crippen LogP contribution in [0.1, 0.15) is 31.9 Å². The minimum absolute atomic E-state index is 0. The van der Waals surface area contributed by atoms with Gasteiger partial charge in [-0.1, -0.05) is 6.92 Å². The van der Waals surface area contributed by atoms with Crippen LogP contribution in [0.4, 0.5) is 0 Å². The molecule has 2 unspecified atom stereocenters. The number of ether oxygens (including phenoxy) is 2. The molecule has 0 saturated carbocycles. The van der Waals surface area contributed by atoms with E-state index in [1.54, 1.807) is 0 Å². The standard InChI is InChI=1S/C18H32N6O3.HI/c1-6-27-9-7-8-19-18(20-10-16-22-21-14(3)23(16)4)24-11-13(2)15(12-24)17(25)26-5;/h13,15H,6-12H2,1-5H3,(H,19,20);1H. The molecule has 28 heavy (non-hydrogen) atoms.